The van der Waals surface area contributed by atoms with Crippen LogP contribution in [0.2, 0.25) is 0 Å². The number of hydrogen-bond donors (Lipinski definition) is 1. The van der Waals surface area contributed by atoms with Gasteiger partial charge in [0.15, 0.2) is 0 Å². The molecule has 90 valence electrons. The van der Waals surface area contributed by atoms with Crippen molar-refractivity contribution < 1.29 is 18.0 Å². The van der Waals surface area contributed by atoms with Crippen LogP contribution in [-0.4, -0.2) is 22.9 Å². The van der Waals surface area contributed by atoms with E-state index in [0.29, 0.717) is 0 Å². The van der Waals surface area contributed by atoms with E-state index in [4.69, 9.17) is 5.84 Å². The second-order valence-corrected chi connectivity index (χ2v) is 2.85. The summed E-state index contributed by atoms with van der Waals surface area (Å²) in [6.45, 7) is 0. The van der Waals surface area contributed by atoms with Crippen molar-refractivity contribution in [1.82, 2.24) is 9.99 Å². The first-order valence-electron chi connectivity index (χ1n) is 3.88. The molecule has 1 rings (SSSR count). The highest BCUT2D eigenvalue weighted by Crippen LogP contribution is 2.27. The Morgan fingerprint density at radius 3 is 2.31 bits per heavy atom. The molecule has 0 aliphatic rings. The highest BCUT2D eigenvalue weighted by molar-refractivity contribution is 5.93. The Bertz CT molecular complexity index is 364. The summed E-state index contributed by atoms with van der Waals surface area (Å²) in [5.41, 5.74) is -1.04. The van der Waals surface area contributed by atoms with Crippen LogP contribution in [-0.2, 0) is 6.18 Å². The van der Waals surface area contributed by atoms with Gasteiger partial charge in [0.05, 0.1) is 5.56 Å². The quantitative estimate of drug-likeness (QED) is 0.470. The zero-order chi connectivity index (χ0) is 11.6. The minimum atomic E-state index is -4.50. The van der Waals surface area contributed by atoms with Gasteiger partial charge in [-0.1, -0.05) is 0 Å². The number of hydrazine groups is 1. The molecule has 0 unspecified atom stereocenters. The molecule has 1 amide bonds. The minimum Gasteiger partial charge on any atom is -0.280 e. The van der Waals surface area contributed by atoms with Gasteiger partial charge in [-0.25, -0.2) is 5.84 Å². The van der Waals surface area contributed by atoms with Crippen molar-refractivity contribution >= 4 is 18.3 Å². The van der Waals surface area contributed by atoms with Crippen molar-refractivity contribution in [2.75, 3.05) is 7.05 Å². The summed E-state index contributed by atoms with van der Waals surface area (Å²) in [7, 11) is 1.29. The molecule has 0 radical (unpaired) electrons. The van der Waals surface area contributed by atoms with Crippen molar-refractivity contribution in [3.63, 3.8) is 0 Å². The van der Waals surface area contributed by atoms with Crippen LogP contribution in [0.15, 0.2) is 18.3 Å². The number of rotatable bonds is 1. The van der Waals surface area contributed by atoms with E-state index in [0.717, 1.165) is 23.3 Å². The van der Waals surface area contributed by atoms with Crippen molar-refractivity contribution in [3.8, 4) is 0 Å². The Morgan fingerprint density at radius 2 is 2.00 bits per heavy atom. The zero-order valence-corrected chi connectivity index (χ0v) is 8.97. The molecule has 0 aliphatic carbocycles. The number of carbonyl (C=O) groups excluding carboxylic acids is 1. The topological polar surface area (TPSA) is 59.2 Å². The Hall–Kier alpha value is -1.34. The van der Waals surface area contributed by atoms with Crippen LogP contribution in [0, 0.1) is 0 Å². The zero-order valence-electron chi connectivity index (χ0n) is 8.15. The average molecular weight is 256 g/mol. The molecule has 0 aromatic carbocycles. The lowest BCUT2D eigenvalue weighted by molar-refractivity contribution is -0.141. The van der Waals surface area contributed by atoms with Gasteiger partial charge in [-0.15, -0.1) is 12.4 Å². The Balaban J connectivity index is 0.00000225. The van der Waals surface area contributed by atoms with Crippen molar-refractivity contribution in [2.24, 2.45) is 5.84 Å². The third kappa shape index (κ3) is 3.35. The molecule has 0 saturated carbocycles. The minimum absolute atomic E-state index is 0. The van der Waals surface area contributed by atoms with E-state index in [9.17, 15) is 18.0 Å². The third-order valence-electron chi connectivity index (χ3n) is 1.62. The van der Waals surface area contributed by atoms with Gasteiger partial charge >= 0.3 is 6.18 Å². The highest BCUT2D eigenvalue weighted by Gasteiger charge is 2.32. The Kier molecular flexibility index (Phi) is 4.70. The molecular weight excluding hydrogens is 247 g/mol. The number of alkyl halides is 3. The van der Waals surface area contributed by atoms with Crippen LogP contribution in [0.4, 0.5) is 13.2 Å². The van der Waals surface area contributed by atoms with E-state index in [1.165, 1.54) is 7.05 Å². The Labute approximate surface area is 95.6 Å². The summed E-state index contributed by atoms with van der Waals surface area (Å²) < 4.78 is 36.3. The first-order valence-corrected chi connectivity index (χ1v) is 3.88. The smallest absolute Gasteiger partial charge is 0.280 e. The van der Waals surface area contributed by atoms with Crippen molar-refractivity contribution in [2.45, 2.75) is 6.18 Å². The number of halogens is 4. The predicted molar refractivity (Wildman–Crippen MR) is 52.8 cm³/mol. The molecule has 0 atom stereocenters. The van der Waals surface area contributed by atoms with Crippen LogP contribution >= 0.6 is 12.4 Å². The fourth-order valence-corrected chi connectivity index (χ4v) is 0.892. The second kappa shape index (κ2) is 5.13. The van der Waals surface area contributed by atoms with Gasteiger partial charge in [0.1, 0.15) is 5.69 Å². The van der Waals surface area contributed by atoms with E-state index in [1.54, 1.807) is 0 Å². The first-order chi connectivity index (χ1) is 6.82. The maximum Gasteiger partial charge on any atom is 0.433 e. The molecule has 2 N–H and O–H groups in total. The molecule has 1 heterocycles. The number of nitrogens with zero attached hydrogens (tertiary/aromatic N) is 2. The van der Waals surface area contributed by atoms with E-state index < -0.39 is 17.8 Å². The summed E-state index contributed by atoms with van der Waals surface area (Å²) in [4.78, 5) is 14.3. The number of nitrogens with two attached hydrogens (primary N) is 1. The SMILES string of the molecule is CN(N)C(=O)c1ccc(C(F)(F)F)nc1.Cl. The van der Waals surface area contributed by atoms with Gasteiger partial charge in [-0.2, -0.15) is 13.2 Å². The molecule has 0 spiro atoms. The summed E-state index contributed by atoms with van der Waals surface area (Å²) in [6.07, 6.45) is -3.66. The van der Waals surface area contributed by atoms with E-state index in [-0.39, 0.29) is 18.0 Å². The second-order valence-electron chi connectivity index (χ2n) is 2.85. The number of hydrogen-bond acceptors (Lipinski definition) is 3. The van der Waals surface area contributed by atoms with Gasteiger partial charge in [-0.3, -0.25) is 14.8 Å². The van der Waals surface area contributed by atoms with Crippen LogP contribution in [0.25, 0.3) is 0 Å². The fraction of sp³-hybridized carbons (Fsp3) is 0.250. The van der Waals surface area contributed by atoms with E-state index >= 15 is 0 Å². The highest BCUT2D eigenvalue weighted by atomic mass is 35.5. The van der Waals surface area contributed by atoms with Crippen LogP contribution < -0.4 is 5.84 Å². The molecule has 0 saturated heterocycles. The Morgan fingerprint density at radius 1 is 1.44 bits per heavy atom. The van der Waals surface area contributed by atoms with Crippen LogP contribution in [0.3, 0.4) is 0 Å². The van der Waals surface area contributed by atoms with Crippen LogP contribution in [0.1, 0.15) is 16.1 Å². The fourth-order valence-electron chi connectivity index (χ4n) is 0.892. The van der Waals surface area contributed by atoms with Gasteiger partial charge in [0.2, 0.25) is 0 Å². The molecule has 16 heavy (non-hydrogen) atoms. The number of carbonyl (C=O) groups is 1. The molecule has 0 aliphatic heterocycles. The summed E-state index contributed by atoms with van der Waals surface area (Å²) >= 11 is 0. The lowest BCUT2D eigenvalue weighted by atomic mass is 10.2. The summed E-state index contributed by atoms with van der Waals surface area (Å²) in [5.74, 6) is 4.52. The van der Waals surface area contributed by atoms with E-state index in [2.05, 4.69) is 4.98 Å². The van der Waals surface area contributed by atoms with Gasteiger partial charge in [0.25, 0.3) is 5.91 Å². The monoisotopic (exact) mass is 255 g/mol. The number of aromatic nitrogens is 1. The molecular formula is C8H9ClF3N3O. The van der Waals surface area contributed by atoms with E-state index in [1.807, 2.05) is 0 Å². The maximum atomic E-state index is 12.1. The summed E-state index contributed by atoms with van der Waals surface area (Å²) in [6, 6.07) is 1.76. The van der Waals surface area contributed by atoms with Crippen molar-refractivity contribution in [1.29, 1.82) is 0 Å². The molecule has 0 bridgehead atoms. The molecule has 1 aromatic heterocycles. The van der Waals surface area contributed by atoms with Gasteiger partial charge in [-0.05, 0) is 12.1 Å². The van der Waals surface area contributed by atoms with Gasteiger partial charge in [0, 0.05) is 13.2 Å². The number of pyridine rings is 1. The summed E-state index contributed by atoms with van der Waals surface area (Å²) in [5, 5.41) is 0.768. The number of amides is 1. The first kappa shape index (κ1) is 14.7. The lowest BCUT2D eigenvalue weighted by Gasteiger charge is -2.10. The molecule has 0 fully saturated rings. The molecule has 8 heteroatoms. The van der Waals surface area contributed by atoms with Crippen LogP contribution in [0.5, 0.6) is 0 Å². The van der Waals surface area contributed by atoms with Gasteiger partial charge < -0.3 is 0 Å². The normalized spacial score (nSPS) is 10.6. The third-order valence-corrected chi connectivity index (χ3v) is 1.62. The predicted octanol–water partition coefficient (Wildman–Crippen LogP) is 1.47. The average Bonchev–Trinajstić information content (AvgIpc) is 2.15. The standard InChI is InChI=1S/C8H8F3N3O.ClH/c1-14(12)7(15)5-2-3-6(13-4-5)8(9,10)11;/h2-4H,12H2,1H3;1H. The molecule has 1 aromatic rings. The van der Waals surface area contributed by atoms with Crippen molar-refractivity contribution in [3.05, 3.63) is 29.6 Å². The molecule has 4 nitrogen and oxygen atoms in total. The maximum absolute atomic E-state index is 12.1. The lowest BCUT2D eigenvalue weighted by Crippen LogP contribution is -2.33. The largest absolute Gasteiger partial charge is 0.433 e.